The molecule has 1 aromatic rings. The summed E-state index contributed by atoms with van der Waals surface area (Å²) in [6.07, 6.45) is 13.6. The van der Waals surface area contributed by atoms with Gasteiger partial charge in [0.25, 0.3) is 0 Å². The van der Waals surface area contributed by atoms with E-state index < -0.39 is 7.12 Å². The molecule has 3 atom stereocenters. The van der Waals surface area contributed by atoms with Gasteiger partial charge in [-0.15, -0.1) is 0 Å². The van der Waals surface area contributed by atoms with Crippen molar-refractivity contribution in [2.75, 3.05) is 7.11 Å². The molecule has 2 N–H and O–H groups in total. The fourth-order valence-corrected chi connectivity index (χ4v) is 4.11. The lowest BCUT2D eigenvalue weighted by atomic mass is 9.77. The van der Waals surface area contributed by atoms with E-state index in [-0.39, 0.29) is 12.0 Å². The first-order valence-corrected chi connectivity index (χ1v) is 12.2. The topological polar surface area (TPSA) is 58.9 Å². The normalized spacial score (nSPS) is 14.9. The fraction of sp³-hybridized carbons (Fsp3) is 0.692. The van der Waals surface area contributed by atoms with E-state index in [4.69, 9.17) is 9.47 Å². The minimum absolute atomic E-state index is 0.0281. The number of methoxy groups -OCH3 is 1. The predicted octanol–water partition coefficient (Wildman–Crippen LogP) is 6.34. The highest BCUT2D eigenvalue weighted by molar-refractivity contribution is 6.50. The number of hydrogen-bond acceptors (Lipinski definition) is 4. The standard InChI is InChI=1S/C26H45BO4/c1-6-7-8-9-10-11-12-13-14-21(2)26(22(3)19-23(4)27(28)29)31-20-24-15-17-25(30-5)18-16-24/h15-19,21-22,26,28-29H,6-14,20H2,1-5H3/b23-19-/t21-,22-,26+/m0/s1. The van der Waals surface area contributed by atoms with Crippen LogP contribution in [0.25, 0.3) is 0 Å². The molecule has 0 radical (unpaired) electrons. The molecule has 0 aliphatic rings. The highest BCUT2D eigenvalue weighted by Crippen LogP contribution is 2.26. The van der Waals surface area contributed by atoms with Crippen molar-refractivity contribution in [3.63, 3.8) is 0 Å². The van der Waals surface area contributed by atoms with E-state index in [2.05, 4.69) is 20.8 Å². The van der Waals surface area contributed by atoms with Crippen LogP contribution in [0.5, 0.6) is 5.75 Å². The first kappa shape index (κ1) is 27.7. The van der Waals surface area contributed by atoms with Crippen molar-refractivity contribution in [3.8, 4) is 5.75 Å². The smallest absolute Gasteiger partial charge is 0.483 e. The fourth-order valence-electron chi connectivity index (χ4n) is 4.11. The van der Waals surface area contributed by atoms with Crippen LogP contribution < -0.4 is 4.74 Å². The molecule has 0 aliphatic carbocycles. The molecule has 0 aliphatic heterocycles. The number of ether oxygens (including phenoxy) is 2. The molecule has 0 bridgehead atoms. The molecule has 0 heterocycles. The summed E-state index contributed by atoms with van der Waals surface area (Å²) in [6.45, 7) is 8.91. The molecule has 0 fully saturated rings. The molecule has 176 valence electrons. The molecule has 0 aromatic heterocycles. The number of rotatable bonds is 17. The first-order valence-electron chi connectivity index (χ1n) is 12.2. The van der Waals surface area contributed by atoms with Gasteiger partial charge in [-0.1, -0.05) is 90.3 Å². The summed E-state index contributed by atoms with van der Waals surface area (Å²) in [7, 11) is 0.257. The van der Waals surface area contributed by atoms with Gasteiger partial charge < -0.3 is 19.5 Å². The second-order valence-corrected chi connectivity index (χ2v) is 9.01. The minimum atomic E-state index is -1.41. The monoisotopic (exact) mass is 432 g/mol. The maximum Gasteiger partial charge on any atom is 0.483 e. The average molecular weight is 432 g/mol. The molecule has 0 saturated heterocycles. The third-order valence-corrected chi connectivity index (χ3v) is 6.13. The summed E-state index contributed by atoms with van der Waals surface area (Å²) in [5.41, 5.74) is 1.69. The Morgan fingerprint density at radius 3 is 2.10 bits per heavy atom. The van der Waals surface area contributed by atoms with Crippen LogP contribution in [-0.4, -0.2) is 30.4 Å². The van der Waals surface area contributed by atoms with E-state index in [0.717, 1.165) is 17.7 Å². The van der Waals surface area contributed by atoms with E-state index in [9.17, 15) is 10.0 Å². The minimum Gasteiger partial charge on any atom is -0.497 e. The molecule has 1 rings (SSSR count). The molecule has 0 saturated carbocycles. The van der Waals surface area contributed by atoms with E-state index in [1.165, 1.54) is 51.4 Å². The molecule has 0 spiro atoms. The van der Waals surface area contributed by atoms with Crippen molar-refractivity contribution in [1.82, 2.24) is 0 Å². The third kappa shape index (κ3) is 11.8. The van der Waals surface area contributed by atoms with Gasteiger partial charge in [-0.05, 0) is 42.4 Å². The van der Waals surface area contributed by atoms with Crippen LogP contribution in [0.4, 0.5) is 0 Å². The van der Waals surface area contributed by atoms with Crippen molar-refractivity contribution in [2.45, 2.75) is 98.2 Å². The van der Waals surface area contributed by atoms with Crippen LogP contribution in [0.1, 0.15) is 91.0 Å². The van der Waals surface area contributed by atoms with E-state index in [0.29, 0.717) is 18.0 Å². The lowest BCUT2D eigenvalue weighted by Crippen LogP contribution is -2.29. The van der Waals surface area contributed by atoms with Gasteiger partial charge in [0.2, 0.25) is 0 Å². The number of unbranched alkanes of at least 4 members (excludes halogenated alkanes) is 7. The van der Waals surface area contributed by atoms with Crippen molar-refractivity contribution in [1.29, 1.82) is 0 Å². The summed E-state index contributed by atoms with van der Waals surface area (Å²) >= 11 is 0. The highest BCUT2D eigenvalue weighted by atomic mass is 16.5. The van der Waals surface area contributed by atoms with E-state index >= 15 is 0 Å². The summed E-state index contributed by atoms with van der Waals surface area (Å²) in [5.74, 6) is 1.34. The molecule has 1 aromatic carbocycles. The van der Waals surface area contributed by atoms with Gasteiger partial charge in [-0.25, -0.2) is 0 Å². The zero-order valence-corrected chi connectivity index (χ0v) is 20.5. The van der Waals surface area contributed by atoms with Crippen molar-refractivity contribution in [2.24, 2.45) is 11.8 Å². The molecular formula is C26H45BO4. The summed E-state index contributed by atoms with van der Waals surface area (Å²) < 4.78 is 11.6. The maximum atomic E-state index is 9.46. The lowest BCUT2D eigenvalue weighted by molar-refractivity contribution is -0.0193. The molecule has 0 unspecified atom stereocenters. The molecule has 31 heavy (non-hydrogen) atoms. The Bertz CT molecular complexity index is 600. The third-order valence-electron chi connectivity index (χ3n) is 6.13. The molecule has 0 amide bonds. The molecular weight excluding hydrogens is 387 g/mol. The van der Waals surface area contributed by atoms with Gasteiger partial charge in [-0.3, -0.25) is 0 Å². The van der Waals surface area contributed by atoms with Crippen molar-refractivity contribution < 1.29 is 19.5 Å². The predicted molar refractivity (Wildman–Crippen MR) is 131 cm³/mol. The van der Waals surface area contributed by atoms with Gasteiger partial charge in [0, 0.05) is 5.92 Å². The number of hydrogen-bond donors (Lipinski definition) is 2. The summed E-state index contributed by atoms with van der Waals surface area (Å²) in [6, 6.07) is 7.96. The summed E-state index contributed by atoms with van der Waals surface area (Å²) in [5, 5.41) is 18.9. The zero-order valence-electron chi connectivity index (χ0n) is 20.5. The van der Waals surface area contributed by atoms with Crippen LogP contribution in [0.2, 0.25) is 0 Å². The average Bonchev–Trinajstić information content (AvgIpc) is 2.76. The maximum absolute atomic E-state index is 9.46. The quantitative estimate of drug-likeness (QED) is 0.223. The van der Waals surface area contributed by atoms with Gasteiger partial charge >= 0.3 is 7.12 Å². The van der Waals surface area contributed by atoms with E-state index in [1.54, 1.807) is 14.0 Å². The van der Waals surface area contributed by atoms with Crippen molar-refractivity contribution in [3.05, 3.63) is 41.4 Å². The van der Waals surface area contributed by atoms with Crippen LogP contribution in [0, 0.1) is 11.8 Å². The van der Waals surface area contributed by atoms with Crippen LogP contribution in [-0.2, 0) is 11.3 Å². The second kappa shape index (κ2) is 16.4. The first-order chi connectivity index (χ1) is 14.9. The molecule has 5 heteroatoms. The van der Waals surface area contributed by atoms with Gasteiger partial charge in [0.05, 0.1) is 19.8 Å². The highest BCUT2D eigenvalue weighted by Gasteiger charge is 2.24. The zero-order chi connectivity index (χ0) is 23.1. The summed E-state index contributed by atoms with van der Waals surface area (Å²) in [4.78, 5) is 0. The van der Waals surface area contributed by atoms with Crippen LogP contribution in [0.3, 0.4) is 0 Å². The Hall–Kier alpha value is -1.30. The Balaban J connectivity index is 2.60. The van der Waals surface area contributed by atoms with Gasteiger partial charge in [0.15, 0.2) is 0 Å². The number of allylic oxidation sites excluding steroid dienone is 1. The Morgan fingerprint density at radius 1 is 0.968 bits per heavy atom. The molecule has 4 nitrogen and oxygen atoms in total. The van der Waals surface area contributed by atoms with Gasteiger partial charge in [-0.2, -0.15) is 0 Å². The van der Waals surface area contributed by atoms with Crippen LogP contribution >= 0.6 is 0 Å². The Kier molecular flexibility index (Phi) is 14.6. The number of benzene rings is 1. The van der Waals surface area contributed by atoms with Crippen molar-refractivity contribution >= 4 is 7.12 Å². The lowest BCUT2D eigenvalue weighted by Gasteiger charge is -2.29. The Labute approximate surface area is 191 Å². The van der Waals surface area contributed by atoms with Crippen LogP contribution in [0.15, 0.2) is 35.8 Å². The van der Waals surface area contributed by atoms with Gasteiger partial charge in [0.1, 0.15) is 5.75 Å². The largest absolute Gasteiger partial charge is 0.497 e. The van der Waals surface area contributed by atoms with E-state index in [1.807, 2.05) is 30.3 Å². The SMILES string of the molecule is CCCCCCCCCC[C@H](C)[C@@H](OCc1ccc(OC)cc1)[C@@H](C)/C=C(/C)B(O)O. The second-order valence-electron chi connectivity index (χ2n) is 9.01. The Morgan fingerprint density at radius 2 is 1.55 bits per heavy atom.